The molecule has 1 aliphatic heterocycles. The molecular weight excluding hydrogens is 556 g/mol. The summed E-state index contributed by atoms with van der Waals surface area (Å²) in [7, 11) is 0. The minimum absolute atomic E-state index is 0.251. The average Bonchev–Trinajstić information content (AvgIpc) is 3.04. The highest BCUT2D eigenvalue weighted by Crippen LogP contribution is 2.36. The Balaban J connectivity index is 1.46. The number of carbonyl (C=O) groups excluding carboxylic acids is 3. The van der Waals surface area contributed by atoms with E-state index in [9.17, 15) is 19.5 Å². The third-order valence-electron chi connectivity index (χ3n) is 6.50. The minimum Gasteiger partial charge on any atom is -0.459 e. The van der Waals surface area contributed by atoms with Crippen molar-refractivity contribution >= 4 is 29.7 Å². The van der Waals surface area contributed by atoms with Crippen molar-refractivity contribution in [2.75, 3.05) is 6.61 Å². The number of hydrogen-bond donors (Lipinski definition) is 1. The van der Waals surface area contributed by atoms with Crippen molar-refractivity contribution in [3.63, 3.8) is 0 Å². The molecule has 0 bridgehead atoms. The molecule has 0 spiro atoms. The monoisotopic (exact) mass is 584 g/mol. The summed E-state index contributed by atoms with van der Waals surface area (Å²) >= 11 is 1.21. The van der Waals surface area contributed by atoms with Gasteiger partial charge in [-0.1, -0.05) is 84.6 Å². The molecule has 0 unspecified atom stereocenters. The maximum absolute atomic E-state index is 13.2. The number of aliphatic hydroxyl groups excluding tert-OH is 1. The van der Waals surface area contributed by atoms with E-state index in [1.807, 2.05) is 30.3 Å². The summed E-state index contributed by atoms with van der Waals surface area (Å²) in [6, 6.07) is 34.2. The standard InChI is InChI=1S/C33H28O8S/c34-27-29(41-32(37)24-17-9-3-10-18-24)28(40-31(36)23-15-7-2-8-16-23)26(21-38-30(35)22-13-5-1-6-14-22)39-33(27)42-25-19-11-4-12-20-25/h1-20,26-29,33-34H,21H2/t26-,27+,28-,29-,33-/m1/s1. The topological polar surface area (TPSA) is 108 Å². The summed E-state index contributed by atoms with van der Waals surface area (Å²) in [5, 5.41) is 11.5. The van der Waals surface area contributed by atoms with Crippen molar-refractivity contribution in [1.29, 1.82) is 0 Å². The molecule has 9 heteroatoms. The van der Waals surface area contributed by atoms with E-state index in [1.54, 1.807) is 91.0 Å². The number of aliphatic hydroxyl groups is 1. The van der Waals surface area contributed by atoms with E-state index in [0.29, 0.717) is 5.56 Å². The molecule has 0 aliphatic carbocycles. The van der Waals surface area contributed by atoms with Gasteiger partial charge in [0.25, 0.3) is 0 Å². The molecular formula is C33H28O8S. The molecule has 5 rings (SSSR count). The highest BCUT2D eigenvalue weighted by atomic mass is 32.2. The van der Waals surface area contributed by atoms with Gasteiger partial charge in [-0.2, -0.15) is 0 Å². The lowest BCUT2D eigenvalue weighted by molar-refractivity contribution is -0.206. The van der Waals surface area contributed by atoms with Gasteiger partial charge < -0.3 is 24.1 Å². The molecule has 0 saturated carbocycles. The van der Waals surface area contributed by atoms with E-state index < -0.39 is 47.8 Å². The van der Waals surface area contributed by atoms with E-state index in [0.717, 1.165) is 4.90 Å². The maximum Gasteiger partial charge on any atom is 0.338 e. The largest absolute Gasteiger partial charge is 0.459 e. The molecule has 0 aromatic heterocycles. The van der Waals surface area contributed by atoms with Crippen LogP contribution in [0.5, 0.6) is 0 Å². The van der Waals surface area contributed by atoms with Crippen molar-refractivity contribution in [2.45, 2.75) is 34.7 Å². The number of esters is 3. The van der Waals surface area contributed by atoms with Crippen molar-refractivity contribution in [3.05, 3.63) is 138 Å². The van der Waals surface area contributed by atoms with Crippen LogP contribution in [-0.4, -0.2) is 59.5 Å². The van der Waals surface area contributed by atoms with Gasteiger partial charge in [-0.25, -0.2) is 14.4 Å². The van der Waals surface area contributed by atoms with Gasteiger partial charge in [0.2, 0.25) is 0 Å². The first-order valence-corrected chi connectivity index (χ1v) is 14.2. The Hall–Kier alpha value is -4.44. The molecule has 8 nitrogen and oxygen atoms in total. The summed E-state index contributed by atoms with van der Waals surface area (Å²) in [6.07, 6.45) is -5.14. The minimum atomic E-state index is -1.41. The van der Waals surface area contributed by atoms with Crippen LogP contribution in [-0.2, 0) is 18.9 Å². The summed E-state index contributed by atoms with van der Waals surface area (Å²) in [4.78, 5) is 39.9. The third kappa shape index (κ3) is 7.25. The molecule has 0 radical (unpaired) electrons. The maximum atomic E-state index is 13.2. The van der Waals surface area contributed by atoms with Crippen LogP contribution in [0.3, 0.4) is 0 Å². The number of benzene rings is 4. The Labute approximate surface area is 247 Å². The molecule has 1 heterocycles. The fraction of sp³-hybridized carbons (Fsp3) is 0.182. The third-order valence-corrected chi connectivity index (χ3v) is 7.67. The van der Waals surface area contributed by atoms with E-state index in [-0.39, 0.29) is 17.7 Å². The summed E-state index contributed by atoms with van der Waals surface area (Å²) in [5.74, 6) is -2.04. The second-order valence-corrected chi connectivity index (χ2v) is 10.6. The van der Waals surface area contributed by atoms with Gasteiger partial charge in [0.05, 0.1) is 16.7 Å². The van der Waals surface area contributed by atoms with Crippen molar-refractivity contribution in [3.8, 4) is 0 Å². The lowest BCUT2D eigenvalue weighted by Crippen LogP contribution is -2.60. The zero-order valence-electron chi connectivity index (χ0n) is 22.4. The smallest absolute Gasteiger partial charge is 0.338 e. The number of ether oxygens (including phenoxy) is 4. The molecule has 214 valence electrons. The second-order valence-electron chi connectivity index (χ2n) is 9.40. The first-order valence-electron chi connectivity index (χ1n) is 13.3. The van der Waals surface area contributed by atoms with Crippen molar-refractivity contribution < 1.29 is 38.4 Å². The Morgan fingerprint density at radius 2 is 1.05 bits per heavy atom. The number of thioether (sulfide) groups is 1. The summed E-state index contributed by atoms with van der Waals surface area (Å²) < 4.78 is 23.5. The predicted molar refractivity (Wildman–Crippen MR) is 155 cm³/mol. The van der Waals surface area contributed by atoms with Gasteiger partial charge in [-0.3, -0.25) is 0 Å². The van der Waals surface area contributed by atoms with Crippen LogP contribution >= 0.6 is 11.8 Å². The molecule has 1 saturated heterocycles. The van der Waals surface area contributed by atoms with Crippen molar-refractivity contribution in [1.82, 2.24) is 0 Å². The number of rotatable bonds is 9. The zero-order valence-corrected chi connectivity index (χ0v) is 23.2. The molecule has 42 heavy (non-hydrogen) atoms. The first kappa shape index (κ1) is 29.1. The highest BCUT2D eigenvalue weighted by molar-refractivity contribution is 7.99. The van der Waals surface area contributed by atoms with Gasteiger partial charge in [0.1, 0.15) is 24.3 Å². The lowest BCUT2D eigenvalue weighted by Gasteiger charge is -2.43. The Bertz CT molecular complexity index is 1470. The molecule has 4 aromatic rings. The predicted octanol–water partition coefficient (Wildman–Crippen LogP) is 5.17. The van der Waals surface area contributed by atoms with E-state index >= 15 is 0 Å². The zero-order chi connectivity index (χ0) is 29.3. The van der Waals surface area contributed by atoms with Gasteiger partial charge in [-0.15, -0.1) is 0 Å². The van der Waals surface area contributed by atoms with Crippen LogP contribution in [0.4, 0.5) is 0 Å². The van der Waals surface area contributed by atoms with Gasteiger partial charge in [0, 0.05) is 4.90 Å². The van der Waals surface area contributed by atoms with Gasteiger partial charge in [-0.05, 0) is 48.5 Å². The van der Waals surface area contributed by atoms with Crippen LogP contribution in [0.1, 0.15) is 31.1 Å². The molecule has 1 aliphatic rings. The van der Waals surface area contributed by atoms with Crippen molar-refractivity contribution in [2.24, 2.45) is 0 Å². The van der Waals surface area contributed by atoms with E-state index in [2.05, 4.69) is 0 Å². The SMILES string of the molecule is O=C(OC[C@H]1O[C@H](Sc2ccccc2)[C@@H](O)[C@@H](OC(=O)c2ccccc2)[C@@H]1OC(=O)c1ccccc1)c1ccccc1. The number of carbonyl (C=O) groups is 3. The molecule has 4 aromatic carbocycles. The van der Waals surface area contributed by atoms with E-state index in [4.69, 9.17) is 18.9 Å². The van der Waals surface area contributed by atoms with Gasteiger partial charge >= 0.3 is 17.9 Å². The molecule has 0 amide bonds. The van der Waals surface area contributed by atoms with Crippen LogP contribution in [0.15, 0.2) is 126 Å². The average molecular weight is 585 g/mol. The fourth-order valence-electron chi connectivity index (χ4n) is 4.38. The molecule has 5 atom stereocenters. The van der Waals surface area contributed by atoms with Crippen LogP contribution in [0.25, 0.3) is 0 Å². The van der Waals surface area contributed by atoms with Crippen LogP contribution in [0, 0.1) is 0 Å². The normalized spacial score (nSPS) is 21.6. The second kappa shape index (κ2) is 14.0. The summed E-state index contributed by atoms with van der Waals surface area (Å²) in [6.45, 7) is -0.335. The van der Waals surface area contributed by atoms with Gasteiger partial charge in [0.15, 0.2) is 12.2 Å². The lowest BCUT2D eigenvalue weighted by atomic mass is 9.99. The Kier molecular flexibility index (Phi) is 9.66. The molecule has 1 fully saturated rings. The van der Waals surface area contributed by atoms with Crippen LogP contribution in [0.2, 0.25) is 0 Å². The fourth-order valence-corrected chi connectivity index (χ4v) is 5.46. The van der Waals surface area contributed by atoms with Crippen LogP contribution < -0.4 is 0 Å². The summed E-state index contributed by atoms with van der Waals surface area (Å²) in [5.41, 5.74) is -0.119. The number of hydrogen-bond acceptors (Lipinski definition) is 9. The van der Waals surface area contributed by atoms with E-state index in [1.165, 1.54) is 11.8 Å². The Morgan fingerprint density at radius 3 is 1.55 bits per heavy atom. The first-order chi connectivity index (χ1) is 20.5. The quantitative estimate of drug-likeness (QED) is 0.210. The molecule has 1 N–H and O–H groups in total. The Morgan fingerprint density at radius 1 is 0.619 bits per heavy atom. The highest BCUT2D eigenvalue weighted by Gasteiger charge is 2.50.